The molecule has 0 radical (unpaired) electrons. The molecule has 1 aliphatic rings. The van der Waals surface area contributed by atoms with E-state index in [1.54, 1.807) is 55.1 Å². The first-order chi connectivity index (χ1) is 13.4. The smallest absolute Gasteiger partial charge is 0.271 e. The standard InChI is InChI=1S/C22H24Cl2N2O3/c1-21(2,3)25-19(27)13-7-9-18-17(10-13)26(20(28)22(4,5)29-18)12-14-6-8-15(23)11-16(14)24/h6-11H,12H2,1-5H3,(H,25,27). The van der Waals surface area contributed by atoms with Gasteiger partial charge < -0.3 is 15.0 Å². The van der Waals surface area contributed by atoms with E-state index >= 15 is 0 Å². The summed E-state index contributed by atoms with van der Waals surface area (Å²) in [7, 11) is 0. The molecule has 2 aromatic rings. The third-order valence-electron chi connectivity index (χ3n) is 4.47. The zero-order valence-electron chi connectivity index (χ0n) is 17.1. The van der Waals surface area contributed by atoms with Crippen LogP contribution in [0.3, 0.4) is 0 Å². The average molecular weight is 435 g/mol. The Morgan fingerprint density at radius 3 is 2.45 bits per heavy atom. The molecule has 0 bridgehead atoms. The molecule has 0 fully saturated rings. The van der Waals surface area contributed by atoms with Crippen LogP contribution in [0.2, 0.25) is 10.0 Å². The quantitative estimate of drug-likeness (QED) is 0.719. The van der Waals surface area contributed by atoms with Gasteiger partial charge in [0.25, 0.3) is 11.8 Å². The topological polar surface area (TPSA) is 58.6 Å². The summed E-state index contributed by atoms with van der Waals surface area (Å²) in [4.78, 5) is 27.4. The van der Waals surface area contributed by atoms with Crippen LogP contribution in [-0.2, 0) is 11.3 Å². The van der Waals surface area contributed by atoms with E-state index in [0.29, 0.717) is 27.0 Å². The Morgan fingerprint density at radius 1 is 1.14 bits per heavy atom. The number of amides is 2. The number of benzene rings is 2. The molecule has 0 unspecified atom stereocenters. The van der Waals surface area contributed by atoms with Gasteiger partial charge in [0.2, 0.25) is 0 Å². The fourth-order valence-electron chi connectivity index (χ4n) is 3.10. The van der Waals surface area contributed by atoms with Crippen LogP contribution in [0.15, 0.2) is 36.4 Å². The average Bonchev–Trinajstić information content (AvgIpc) is 2.58. The minimum Gasteiger partial charge on any atom is -0.476 e. The van der Waals surface area contributed by atoms with Crippen LogP contribution in [0.1, 0.15) is 50.5 Å². The largest absolute Gasteiger partial charge is 0.476 e. The predicted molar refractivity (Wildman–Crippen MR) is 116 cm³/mol. The van der Waals surface area contributed by atoms with Crippen LogP contribution >= 0.6 is 23.2 Å². The molecule has 7 heteroatoms. The lowest BCUT2D eigenvalue weighted by molar-refractivity contribution is -0.132. The first-order valence-corrected chi connectivity index (χ1v) is 10.0. The van der Waals surface area contributed by atoms with Crippen LogP contribution in [0.4, 0.5) is 5.69 Å². The van der Waals surface area contributed by atoms with E-state index in [1.165, 1.54) is 0 Å². The Hall–Kier alpha value is -2.24. The number of carbonyl (C=O) groups excluding carboxylic acids is 2. The second-order valence-corrected chi connectivity index (χ2v) is 9.47. The first-order valence-electron chi connectivity index (χ1n) is 9.29. The molecule has 154 valence electrons. The number of fused-ring (bicyclic) bond motifs is 1. The molecule has 3 rings (SSSR count). The Kier molecular flexibility index (Phi) is 5.58. The van der Waals surface area contributed by atoms with Crippen molar-refractivity contribution in [3.8, 4) is 5.75 Å². The number of ether oxygens (including phenoxy) is 1. The molecule has 0 spiro atoms. The minimum atomic E-state index is -1.04. The molecule has 2 amide bonds. The molecule has 1 N–H and O–H groups in total. The predicted octanol–water partition coefficient (Wildman–Crippen LogP) is 5.23. The highest BCUT2D eigenvalue weighted by Crippen LogP contribution is 2.40. The zero-order valence-corrected chi connectivity index (χ0v) is 18.6. The SMILES string of the molecule is CC(C)(C)NC(=O)c1ccc2c(c1)N(Cc1ccc(Cl)cc1Cl)C(=O)C(C)(C)O2. The van der Waals surface area contributed by atoms with Crippen LogP contribution in [0.5, 0.6) is 5.75 Å². The Morgan fingerprint density at radius 2 is 1.83 bits per heavy atom. The Labute approximate surface area is 180 Å². The van der Waals surface area contributed by atoms with Crippen molar-refractivity contribution in [1.29, 1.82) is 0 Å². The van der Waals surface area contributed by atoms with Crippen molar-refractivity contribution < 1.29 is 14.3 Å². The molecule has 1 heterocycles. The van der Waals surface area contributed by atoms with E-state index < -0.39 is 5.60 Å². The van der Waals surface area contributed by atoms with Crippen LogP contribution < -0.4 is 15.0 Å². The number of anilines is 1. The number of nitrogens with zero attached hydrogens (tertiary/aromatic N) is 1. The van der Waals surface area contributed by atoms with E-state index in [4.69, 9.17) is 27.9 Å². The highest BCUT2D eigenvalue weighted by atomic mass is 35.5. The Bertz CT molecular complexity index is 981. The van der Waals surface area contributed by atoms with Gasteiger partial charge in [-0.05, 0) is 70.5 Å². The number of halogens is 2. The number of carbonyl (C=O) groups is 2. The molecular weight excluding hydrogens is 411 g/mol. The summed E-state index contributed by atoms with van der Waals surface area (Å²) in [6, 6.07) is 10.2. The normalized spacial score (nSPS) is 15.6. The van der Waals surface area contributed by atoms with Gasteiger partial charge in [-0.25, -0.2) is 0 Å². The molecule has 2 aromatic carbocycles. The maximum Gasteiger partial charge on any atom is 0.271 e. The Balaban J connectivity index is 2.03. The van der Waals surface area contributed by atoms with Gasteiger partial charge in [0.05, 0.1) is 12.2 Å². The fourth-order valence-corrected chi connectivity index (χ4v) is 3.57. The van der Waals surface area contributed by atoms with E-state index in [9.17, 15) is 9.59 Å². The van der Waals surface area contributed by atoms with E-state index in [-0.39, 0.29) is 23.9 Å². The summed E-state index contributed by atoms with van der Waals surface area (Å²) in [5, 5.41) is 3.92. The van der Waals surface area contributed by atoms with Gasteiger partial charge in [0.15, 0.2) is 5.60 Å². The van der Waals surface area contributed by atoms with Gasteiger partial charge in [-0.3, -0.25) is 9.59 Å². The second kappa shape index (κ2) is 7.54. The lowest BCUT2D eigenvalue weighted by atomic mass is 10.0. The highest BCUT2D eigenvalue weighted by Gasteiger charge is 2.41. The minimum absolute atomic E-state index is 0.218. The third kappa shape index (κ3) is 4.68. The maximum atomic E-state index is 13.1. The van der Waals surface area contributed by atoms with Crippen molar-refractivity contribution in [2.75, 3.05) is 4.90 Å². The second-order valence-electron chi connectivity index (χ2n) is 8.63. The number of hydrogen-bond donors (Lipinski definition) is 1. The van der Waals surface area contributed by atoms with Crippen molar-refractivity contribution in [3.63, 3.8) is 0 Å². The number of hydrogen-bond acceptors (Lipinski definition) is 3. The third-order valence-corrected chi connectivity index (χ3v) is 5.06. The number of nitrogens with one attached hydrogen (secondary N) is 1. The van der Waals surface area contributed by atoms with Crippen molar-refractivity contribution in [3.05, 3.63) is 57.6 Å². The van der Waals surface area contributed by atoms with Gasteiger partial charge >= 0.3 is 0 Å². The van der Waals surface area contributed by atoms with Gasteiger partial charge in [0.1, 0.15) is 5.75 Å². The lowest BCUT2D eigenvalue weighted by Crippen LogP contribution is -2.52. The molecule has 0 saturated carbocycles. The maximum absolute atomic E-state index is 13.1. The first kappa shape index (κ1) is 21.5. The molecule has 5 nitrogen and oxygen atoms in total. The van der Waals surface area contributed by atoms with Gasteiger partial charge in [-0.1, -0.05) is 29.3 Å². The van der Waals surface area contributed by atoms with Crippen molar-refractivity contribution >= 4 is 40.7 Å². The lowest BCUT2D eigenvalue weighted by Gasteiger charge is -2.39. The summed E-state index contributed by atoms with van der Waals surface area (Å²) in [6.45, 7) is 9.40. The summed E-state index contributed by atoms with van der Waals surface area (Å²) in [6.07, 6.45) is 0. The molecule has 29 heavy (non-hydrogen) atoms. The highest BCUT2D eigenvalue weighted by molar-refractivity contribution is 6.35. The van der Waals surface area contributed by atoms with E-state index in [0.717, 1.165) is 5.56 Å². The molecule has 0 atom stereocenters. The summed E-state index contributed by atoms with van der Waals surface area (Å²) in [5.74, 6) is 0.0958. The van der Waals surface area contributed by atoms with Crippen molar-refractivity contribution in [1.82, 2.24) is 5.32 Å². The fraction of sp³-hybridized carbons (Fsp3) is 0.364. The van der Waals surface area contributed by atoms with Crippen LogP contribution in [-0.4, -0.2) is 23.0 Å². The molecular formula is C22H24Cl2N2O3. The molecule has 0 aliphatic carbocycles. The molecule has 0 saturated heterocycles. The summed E-state index contributed by atoms with van der Waals surface area (Å²) < 4.78 is 5.91. The molecule has 1 aliphatic heterocycles. The van der Waals surface area contributed by atoms with Crippen molar-refractivity contribution in [2.45, 2.75) is 52.3 Å². The van der Waals surface area contributed by atoms with E-state index in [1.807, 2.05) is 20.8 Å². The monoisotopic (exact) mass is 434 g/mol. The van der Waals surface area contributed by atoms with Gasteiger partial charge in [-0.15, -0.1) is 0 Å². The summed E-state index contributed by atoms with van der Waals surface area (Å²) >= 11 is 12.3. The number of rotatable bonds is 3. The van der Waals surface area contributed by atoms with Crippen LogP contribution in [0, 0.1) is 0 Å². The van der Waals surface area contributed by atoms with Gasteiger partial charge in [0, 0.05) is 21.1 Å². The van der Waals surface area contributed by atoms with Crippen LogP contribution in [0.25, 0.3) is 0 Å². The van der Waals surface area contributed by atoms with E-state index in [2.05, 4.69) is 5.32 Å². The summed E-state index contributed by atoms with van der Waals surface area (Å²) in [5.41, 5.74) is 0.306. The van der Waals surface area contributed by atoms with Gasteiger partial charge in [-0.2, -0.15) is 0 Å². The zero-order chi connectivity index (χ0) is 21.6. The van der Waals surface area contributed by atoms with Crippen molar-refractivity contribution in [2.24, 2.45) is 0 Å². The molecule has 0 aromatic heterocycles.